The van der Waals surface area contributed by atoms with Gasteiger partial charge in [-0.1, -0.05) is 5.16 Å². The molecule has 4 nitrogen and oxygen atoms in total. The predicted octanol–water partition coefficient (Wildman–Crippen LogP) is 1.40. The molecule has 1 unspecified atom stereocenters. The van der Waals surface area contributed by atoms with E-state index in [1.807, 2.05) is 18.8 Å². The Morgan fingerprint density at radius 2 is 2.57 bits per heavy atom. The average Bonchev–Trinajstić information content (AvgIpc) is 2.85. The summed E-state index contributed by atoms with van der Waals surface area (Å²) in [5, 5.41) is 7.55. The molecule has 0 spiro atoms. The summed E-state index contributed by atoms with van der Waals surface area (Å²) in [5.41, 5.74) is 0. The highest BCUT2D eigenvalue weighted by Gasteiger charge is 2.22. The highest BCUT2D eigenvalue weighted by atomic mass is 32.2. The van der Waals surface area contributed by atoms with Crippen LogP contribution in [0.4, 0.5) is 0 Å². The molecule has 1 saturated heterocycles. The van der Waals surface area contributed by atoms with Crippen LogP contribution >= 0.6 is 11.8 Å². The Kier molecular flexibility index (Phi) is 3.42. The van der Waals surface area contributed by atoms with E-state index in [4.69, 9.17) is 4.52 Å². The van der Waals surface area contributed by atoms with E-state index < -0.39 is 0 Å². The second-order valence-corrected chi connectivity index (χ2v) is 4.71. The zero-order valence-corrected chi connectivity index (χ0v) is 9.14. The standard InChI is InChI=1S/C9H15N3OS/c1-10-5-4-8-11-9(12-13-8)7-3-2-6-14-7/h7,10H,2-6H2,1H3. The summed E-state index contributed by atoms with van der Waals surface area (Å²) in [7, 11) is 1.92. The minimum atomic E-state index is 0.474. The van der Waals surface area contributed by atoms with Crippen LogP contribution in [0.1, 0.15) is 29.8 Å². The number of nitrogens with one attached hydrogen (secondary N) is 1. The van der Waals surface area contributed by atoms with Crippen LogP contribution in [0.5, 0.6) is 0 Å². The van der Waals surface area contributed by atoms with Crippen molar-refractivity contribution in [3.8, 4) is 0 Å². The first-order valence-electron chi connectivity index (χ1n) is 4.99. The molecule has 1 aromatic heterocycles. The number of nitrogens with zero attached hydrogens (tertiary/aromatic N) is 2. The Hall–Kier alpha value is -0.550. The van der Waals surface area contributed by atoms with Crippen molar-refractivity contribution in [2.24, 2.45) is 0 Å². The summed E-state index contributed by atoms with van der Waals surface area (Å²) < 4.78 is 5.16. The molecule has 0 aromatic carbocycles. The third-order valence-corrected chi connectivity index (χ3v) is 3.66. The maximum absolute atomic E-state index is 5.16. The van der Waals surface area contributed by atoms with Gasteiger partial charge in [-0.25, -0.2) is 0 Å². The van der Waals surface area contributed by atoms with Gasteiger partial charge >= 0.3 is 0 Å². The van der Waals surface area contributed by atoms with Crippen molar-refractivity contribution in [2.45, 2.75) is 24.5 Å². The Balaban J connectivity index is 1.94. The average molecular weight is 213 g/mol. The number of hydrogen-bond donors (Lipinski definition) is 1. The van der Waals surface area contributed by atoms with Gasteiger partial charge in [-0.15, -0.1) is 0 Å². The molecule has 2 rings (SSSR count). The number of thioether (sulfide) groups is 1. The van der Waals surface area contributed by atoms with Crippen molar-refractivity contribution < 1.29 is 4.52 Å². The van der Waals surface area contributed by atoms with Gasteiger partial charge in [0.2, 0.25) is 5.89 Å². The van der Waals surface area contributed by atoms with Crippen LogP contribution in [0.2, 0.25) is 0 Å². The summed E-state index contributed by atoms with van der Waals surface area (Å²) in [5.74, 6) is 2.87. The molecule has 0 saturated carbocycles. The molecule has 1 aliphatic heterocycles. The molecule has 1 N–H and O–H groups in total. The van der Waals surface area contributed by atoms with E-state index in [-0.39, 0.29) is 0 Å². The molecule has 1 atom stereocenters. The number of likely N-dealkylation sites (N-methyl/N-ethyl adjacent to an activating group) is 1. The minimum absolute atomic E-state index is 0.474. The molecule has 14 heavy (non-hydrogen) atoms. The van der Waals surface area contributed by atoms with Gasteiger partial charge < -0.3 is 9.84 Å². The molecule has 0 aliphatic carbocycles. The second-order valence-electron chi connectivity index (χ2n) is 3.40. The van der Waals surface area contributed by atoms with Gasteiger partial charge in [-0.3, -0.25) is 0 Å². The van der Waals surface area contributed by atoms with Gasteiger partial charge in [0.15, 0.2) is 5.82 Å². The van der Waals surface area contributed by atoms with Gasteiger partial charge in [-0.2, -0.15) is 16.7 Å². The molecule has 1 aliphatic rings. The lowest BCUT2D eigenvalue weighted by Gasteiger charge is -1.98. The van der Waals surface area contributed by atoms with Crippen LogP contribution in [-0.2, 0) is 6.42 Å². The molecular weight excluding hydrogens is 198 g/mol. The van der Waals surface area contributed by atoms with Crippen molar-refractivity contribution in [1.29, 1.82) is 0 Å². The molecule has 2 heterocycles. The van der Waals surface area contributed by atoms with E-state index in [2.05, 4.69) is 15.5 Å². The maximum Gasteiger partial charge on any atom is 0.227 e. The van der Waals surface area contributed by atoms with E-state index in [9.17, 15) is 0 Å². The first kappa shape index (κ1) is 9.98. The van der Waals surface area contributed by atoms with Crippen LogP contribution in [0.3, 0.4) is 0 Å². The fourth-order valence-electron chi connectivity index (χ4n) is 1.51. The van der Waals surface area contributed by atoms with Crippen molar-refractivity contribution in [1.82, 2.24) is 15.5 Å². The fourth-order valence-corrected chi connectivity index (χ4v) is 2.71. The van der Waals surface area contributed by atoms with Crippen molar-refractivity contribution in [2.75, 3.05) is 19.3 Å². The van der Waals surface area contributed by atoms with Crippen molar-refractivity contribution >= 4 is 11.8 Å². The van der Waals surface area contributed by atoms with Gasteiger partial charge in [0.25, 0.3) is 0 Å². The zero-order valence-electron chi connectivity index (χ0n) is 8.32. The normalized spacial score (nSPS) is 21.6. The molecule has 1 aromatic rings. The Morgan fingerprint density at radius 3 is 3.29 bits per heavy atom. The maximum atomic E-state index is 5.16. The summed E-state index contributed by atoms with van der Waals surface area (Å²) >= 11 is 1.93. The smallest absolute Gasteiger partial charge is 0.227 e. The second kappa shape index (κ2) is 4.79. The van der Waals surface area contributed by atoms with E-state index in [0.717, 1.165) is 24.7 Å². The first-order valence-corrected chi connectivity index (χ1v) is 6.03. The number of rotatable bonds is 4. The minimum Gasteiger partial charge on any atom is -0.339 e. The highest BCUT2D eigenvalue weighted by Crippen LogP contribution is 2.38. The number of hydrogen-bond acceptors (Lipinski definition) is 5. The first-order chi connectivity index (χ1) is 6.90. The lowest BCUT2D eigenvalue weighted by molar-refractivity contribution is 0.371. The third kappa shape index (κ3) is 2.27. The summed E-state index contributed by atoms with van der Waals surface area (Å²) in [6.07, 6.45) is 3.28. The lowest BCUT2D eigenvalue weighted by atomic mass is 10.2. The van der Waals surface area contributed by atoms with Gasteiger partial charge in [0.05, 0.1) is 5.25 Å². The van der Waals surface area contributed by atoms with Gasteiger partial charge in [0, 0.05) is 13.0 Å². The number of aromatic nitrogens is 2. The fraction of sp³-hybridized carbons (Fsp3) is 0.778. The summed E-state index contributed by atoms with van der Waals surface area (Å²) in [4.78, 5) is 4.39. The van der Waals surface area contributed by atoms with Crippen LogP contribution < -0.4 is 5.32 Å². The third-order valence-electron chi connectivity index (χ3n) is 2.29. The van der Waals surface area contributed by atoms with Crippen LogP contribution in [0.25, 0.3) is 0 Å². The predicted molar refractivity (Wildman–Crippen MR) is 56.4 cm³/mol. The largest absolute Gasteiger partial charge is 0.339 e. The molecular formula is C9H15N3OS. The molecule has 0 amide bonds. The van der Waals surface area contributed by atoms with E-state index >= 15 is 0 Å². The lowest BCUT2D eigenvalue weighted by Crippen LogP contribution is -2.10. The Morgan fingerprint density at radius 1 is 1.64 bits per heavy atom. The van der Waals surface area contributed by atoms with E-state index in [0.29, 0.717) is 5.25 Å². The monoisotopic (exact) mass is 213 g/mol. The Labute approximate surface area is 87.8 Å². The molecule has 0 radical (unpaired) electrons. The van der Waals surface area contributed by atoms with Crippen LogP contribution in [-0.4, -0.2) is 29.5 Å². The highest BCUT2D eigenvalue weighted by molar-refractivity contribution is 7.99. The van der Waals surface area contributed by atoms with Crippen LogP contribution in [0.15, 0.2) is 4.52 Å². The molecule has 1 fully saturated rings. The van der Waals surface area contributed by atoms with E-state index in [1.54, 1.807) is 0 Å². The topological polar surface area (TPSA) is 51.0 Å². The summed E-state index contributed by atoms with van der Waals surface area (Å²) in [6, 6.07) is 0. The molecule has 78 valence electrons. The quantitative estimate of drug-likeness (QED) is 0.819. The SMILES string of the molecule is CNCCc1nc(C2CCCS2)no1. The van der Waals surface area contributed by atoms with Gasteiger partial charge in [0.1, 0.15) is 0 Å². The zero-order chi connectivity index (χ0) is 9.80. The van der Waals surface area contributed by atoms with Crippen molar-refractivity contribution in [3.63, 3.8) is 0 Å². The molecule has 5 heteroatoms. The summed E-state index contributed by atoms with van der Waals surface area (Å²) in [6.45, 7) is 0.888. The van der Waals surface area contributed by atoms with Crippen LogP contribution in [0, 0.1) is 0 Å². The van der Waals surface area contributed by atoms with Crippen molar-refractivity contribution in [3.05, 3.63) is 11.7 Å². The Bertz CT molecular complexity index is 283. The molecule has 0 bridgehead atoms. The van der Waals surface area contributed by atoms with Gasteiger partial charge in [-0.05, 0) is 25.6 Å². The van der Waals surface area contributed by atoms with E-state index in [1.165, 1.54) is 18.6 Å².